The molecule has 2 rings (SSSR count). The summed E-state index contributed by atoms with van der Waals surface area (Å²) in [5.41, 5.74) is 9.42. The van der Waals surface area contributed by atoms with Gasteiger partial charge in [-0.25, -0.2) is 0 Å². The molecule has 1 aromatic rings. The molecule has 82 valence electrons. The van der Waals surface area contributed by atoms with E-state index in [1.807, 2.05) is 19.1 Å². The second kappa shape index (κ2) is 4.21. The molecule has 0 saturated heterocycles. The van der Waals surface area contributed by atoms with Gasteiger partial charge in [-0.2, -0.15) is 0 Å². The lowest BCUT2D eigenvalue weighted by Crippen LogP contribution is -2.36. The Bertz CT molecular complexity index is 349. The van der Waals surface area contributed by atoms with Gasteiger partial charge in [0.15, 0.2) is 0 Å². The number of rotatable bonds is 2. The predicted octanol–water partition coefficient (Wildman–Crippen LogP) is 1.01. The maximum atomic E-state index is 9.35. The van der Waals surface area contributed by atoms with Crippen LogP contribution in [0, 0.1) is 0 Å². The van der Waals surface area contributed by atoms with Crippen LogP contribution in [0.2, 0.25) is 0 Å². The van der Waals surface area contributed by atoms with Gasteiger partial charge in [-0.1, -0.05) is 12.1 Å². The Kier molecular flexibility index (Phi) is 2.93. The molecule has 1 aromatic carbocycles. The zero-order chi connectivity index (χ0) is 10.8. The number of aliphatic hydroxyl groups is 1. The molecule has 0 spiro atoms. The Morgan fingerprint density at radius 3 is 3.07 bits per heavy atom. The summed E-state index contributed by atoms with van der Waals surface area (Å²) < 4.78 is 0. The van der Waals surface area contributed by atoms with Gasteiger partial charge in [0.1, 0.15) is 0 Å². The Hall–Kier alpha value is -1.06. The first-order valence-corrected chi connectivity index (χ1v) is 5.43. The van der Waals surface area contributed by atoms with Gasteiger partial charge in [0, 0.05) is 25.3 Å². The second-order valence-corrected chi connectivity index (χ2v) is 4.32. The number of nitrogens with two attached hydrogens (primary N) is 1. The van der Waals surface area contributed by atoms with Crippen molar-refractivity contribution < 1.29 is 5.11 Å². The van der Waals surface area contributed by atoms with Crippen molar-refractivity contribution in [3.63, 3.8) is 0 Å². The van der Waals surface area contributed by atoms with E-state index in [1.54, 1.807) is 0 Å². The molecule has 0 radical (unpaired) electrons. The first-order valence-electron chi connectivity index (χ1n) is 5.43. The number of nitrogens with zero attached hydrogens (tertiary/aromatic N) is 1. The molecule has 0 bridgehead atoms. The van der Waals surface area contributed by atoms with E-state index in [2.05, 4.69) is 11.0 Å². The van der Waals surface area contributed by atoms with Gasteiger partial charge in [0.2, 0.25) is 0 Å². The molecule has 1 aliphatic heterocycles. The number of anilines is 1. The van der Waals surface area contributed by atoms with E-state index in [9.17, 15) is 5.11 Å². The number of fused-ring (bicyclic) bond motifs is 1. The summed E-state index contributed by atoms with van der Waals surface area (Å²) in [7, 11) is 0. The highest BCUT2D eigenvalue weighted by atomic mass is 16.3. The zero-order valence-corrected chi connectivity index (χ0v) is 9.11. The number of aliphatic hydroxyl groups excluding tert-OH is 1. The highest BCUT2D eigenvalue weighted by Gasteiger charge is 2.18. The van der Waals surface area contributed by atoms with Crippen molar-refractivity contribution in [2.24, 2.45) is 0 Å². The summed E-state index contributed by atoms with van der Waals surface area (Å²) >= 11 is 0. The van der Waals surface area contributed by atoms with Gasteiger partial charge >= 0.3 is 0 Å². The van der Waals surface area contributed by atoms with Crippen LogP contribution in [0.4, 0.5) is 5.69 Å². The Labute approximate surface area is 90.5 Å². The lowest BCUT2D eigenvalue weighted by Gasteiger charge is -2.30. The van der Waals surface area contributed by atoms with Crippen LogP contribution >= 0.6 is 0 Å². The predicted molar refractivity (Wildman–Crippen MR) is 61.5 cm³/mol. The van der Waals surface area contributed by atoms with Crippen molar-refractivity contribution in [2.75, 3.05) is 18.8 Å². The smallest absolute Gasteiger partial charge is 0.0639 e. The first-order chi connectivity index (χ1) is 7.16. The maximum absolute atomic E-state index is 9.35. The summed E-state index contributed by atoms with van der Waals surface area (Å²) in [5, 5.41) is 9.35. The minimum Gasteiger partial charge on any atom is -0.398 e. The Morgan fingerprint density at radius 2 is 2.33 bits per heavy atom. The van der Waals surface area contributed by atoms with Crippen LogP contribution < -0.4 is 5.73 Å². The van der Waals surface area contributed by atoms with Crippen LogP contribution in [-0.2, 0) is 13.0 Å². The van der Waals surface area contributed by atoms with Gasteiger partial charge in [-0.15, -0.1) is 0 Å². The molecule has 15 heavy (non-hydrogen) atoms. The molecule has 0 aliphatic carbocycles. The summed E-state index contributed by atoms with van der Waals surface area (Å²) in [6.07, 6.45) is 0.768. The normalized spacial score (nSPS) is 18.5. The van der Waals surface area contributed by atoms with Gasteiger partial charge in [0.25, 0.3) is 0 Å². The monoisotopic (exact) mass is 206 g/mol. The third-order valence-electron chi connectivity index (χ3n) is 2.91. The number of benzene rings is 1. The molecule has 1 heterocycles. The highest BCUT2D eigenvalue weighted by Crippen LogP contribution is 2.24. The van der Waals surface area contributed by atoms with Crippen LogP contribution in [0.3, 0.4) is 0 Å². The lowest BCUT2D eigenvalue weighted by atomic mass is 9.98. The number of β-amino-alcohol motifs (C(OH)–C–C–N with tert-alkyl or cyclic N) is 1. The molecular formula is C12H18N2O. The van der Waals surface area contributed by atoms with Crippen LogP contribution in [-0.4, -0.2) is 29.2 Å². The summed E-state index contributed by atoms with van der Waals surface area (Å²) in [6.45, 7) is 4.44. The average molecular weight is 206 g/mol. The Morgan fingerprint density at radius 1 is 1.53 bits per heavy atom. The molecule has 3 nitrogen and oxygen atoms in total. The number of hydrogen-bond acceptors (Lipinski definition) is 3. The Balaban J connectivity index is 2.15. The van der Waals surface area contributed by atoms with E-state index in [-0.39, 0.29) is 6.10 Å². The van der Waals surface area contributed by atoms with E-state index in [0.717, 1.165) is 31.7 Å². The third-order valence-corrected chi connectivity index (χ3v) is 2.91. The molecular weight excluding hydrogens is 188 g/mol. The molecule has 3 heteroatoms. The van der Waals surface area contributed by atoms with Crippen molar-refractivity contribution in [1.29, 1.82) is 0 Å². The molecule has 1 atom stereocenters. The average Bonchev–Trinajstić information content (AvgIpc) is 2.18. The van der Waals surface area contributed by atoms with Gasteiger partial charge in [-0.05, 0) is 30.5 Å². The van der Waals surface area contributed by atoms with Crippen molar-refractivity contribution in [3.8, 4) is 0 Å². The van der Waals surface area contributed by atoms with E-state index >= 15 is 0 Å². The largest absolute Gasteiger partial charge is 0.398 e. The van der Waals surface area contributed by atoms with Crippen LogP contribution in [0.5, 0.6) is 0 Å². The number of nitrogen functional groups attached to an aromatic ring is 1. The van der Waals surface area contributed by atoms with Gasteiger partial charge in [0.05, 0.1) is 6.10 Å². The molecule has 0 saturated carbocycles. The molecule has 3 N–H and O–H groups in total. The van der Waals surface area contributed by atoms with Gasteiger partial charge < -0.3 is 10.8 Å². The third kappa shape index (κ3) is 2.30. The quantitative estimate of drug-likeness (QED) is 0.710. The summed E-state index contributed by atoms with van der Waals surface area (Å²) in [6, 6.07) is 6.11. The van der Waals surface area contributed by atoms with E-state index < -0.39 is 0 Å². The first kappa shape index (κ1) is 10.5. The van der Waals surface area contributed by atoms with Crippen molar-refractivity contribution in [2.45, 2.75) is 26.0 Å². The standard InChI is InChI=1S/C12H18N2O/c1-9(15)7-14-6-5-10-3-2-4-12(13)11(10)8-14/h2-4,9,15H,5-8,13H2,1H3. The van der Waals surface area contributed by atoms with E-state index in [4.69, 9.17) is 5.73 Å². The summed E-state index contributed by atoms with van der Waals surface area (Å²) in [5.74, 6) is 0. The van der Waals surface area contributed by atoms with Crippen LogP contribution in [0.25, 0.3) is 0 Å². The minimum absolute atomic E-state index is 0.267. The lowest BCUT2D eigenvalue weighted by molar-refractivity contribution is 0.119. The maximum Gasteiger partial charge on any atom is 0.0639 e. The molecule has 0 aromatic heterocycles. The van der Waals surface area contributed by atoms with E-state index in [1.165, 1.54) is 11.1 Å². The summed E-state index contributed by atoms with van der Waals surface area (Å²) in [4.78, 5) is 2.25. The molecule has 1 aliphatic rings. The number of hydrogen-bond donors (Lipinski definition) is 2. The van der Waals surface area contributed by atoms with E-state index in [0.29, 0.717) is 0 Å². The fourth-order valence-electron chi connectivity index (χ4n) is 2.19. The fourth-order valence-corrected chi connectivity index (χ4v) is 2.19. The molecule has 0 amide bonds. The van der Waals surface area contributed by atoms with Crippen molar-refractivity contribution in [3.05, 3.63) is 29.3 Å². The fraction of sp³-hybridized carbons (Fsp3) is 0.500. The SMILES string of the molecule is CC(O)CN1CCc2cccc(N)c2C1. The van der Waals surface area contributed by atoms with Crippen molar-refractivity contribution in [1.82, 2.24) is 4.90 Å². The van der Waals surface area contributed by atoms with Crippen LogP contribution in [0.1, 0.15) is 18.1 Å². The van der Waals surface area contributed by atoms with Gasteiger partial charge in [-0.3, -0.25) is 4.90 Å². The van der Waals surface area contributed by atoms with Crippen LogP contribution in [0.15, 0.2) is 18.2 Å². The minimum atomic E-state index is -0.267. The zero-order valence-electron chi connectivity index (χ0n) is 9.11. The highest BCUT2D eigenvalue weighted by molar-refractivity contribution is 5.51. The topological polar surface area (TPSA) is 49.5 Å². The van der Waals surface area contributed by atoms with Crippen molar-refractivity contribution >= 4 is 5.69 Å². The molecule has 1 unspecified atom stereocenters. The molecule has 0 fully saturated rings. The second-order valence-electron chi connectivity index (χ2n) is 4.32.